The fourth-order valence-corrected chi connectivity index (χ4v) is 6.54. The third-order valence-electron chi connectivity index (χ3n) is 9.50. The lowest BCUT2D eigenvalue weighted by molar-refractivity contribution is -0.328. The van der Waals surface area contributed by atoms with Gasteiger partial charge in [0.1, 0.15) is 12.2 Å². The van der Waals surface area contributed by atoms with Gasteiger partial charge in [0.25, 0.3) is 0 Å². The Kier molecular flexibility index (Phi) is 14.3. The number of rotatable bonds is 7. The van der Waals surface area contributed by atoms with E-state index >= 15 is 0 Å². The number of methoxy groups -OCH3 is 2. The highest BCUT2D eigenvalue weighted by Crippen LogP contribution is 2.41. The van der Waals surface area contributed by atoms with Gasteiger partial charge in [-0.2, -0.15) is 0 Å². The van der Waals surface area contributed by atoms with E-state index in [1.807, 2.05) is 66.7 Å². The first-order chi connectivity index (χ1) is 20.5. The van der Waals surface area contributed by atoms with Crippen molar-refractivity contribution >= 4 is 5.97 Å². The summed E-state index contributed by atoms with van der Waals surface area (Å²) in [5.41, 5.74) is 1.78. The number of carbonyl (C=O) groups excluding carboxylic acids is 1. The molecule has 0 saturated carbocycles. The van der Waals surface area contributed by atoms with E-state index in [9.17, 15) is 25.2 Å². The monoisotopic (exact) mass is 622 g/mol. The summed E-state index contributed by atoms with van der Waals surface area (Å²) >= 11 is 0. The molecule has 12 atom stereocenters. The molecule has 0 aliphatic carbocycles. The minimum Gasteiger partial charge on any atom is -0.490 e. The maximum atomic E-state index is 13.5. The predicted octanol–water partition coefficient (Wildman–Crippen LogP) is 4.69. The van der Waals surface area contributed by atoms with Crippen molar-refractivity contribution in [3.63, 3.8) is 0 Å². The van der Waals surface area contributed by atoms with Crippen LogP contribution in [0.5, 0.6) is 0 Å². The molecule has 0 aromatic rings. The number of esters is 1. The third kappa shape index (κ3) is 9.50. The van der Waals surface area contributed by atoms with Gasteiger partial charge in [0.15, 0.2) is 5.79 Å². The van der Waals surface area contributed by atoms with E-state index in [-0.39, 0.29) is 35.9 Å². The van der Waals surface area contributed by atoms with Crippen molar-refractivity contribution in [2.45, 2.75) is 118 Å². The number of hydrogen-bond acceptors (Lipinski definition) is 9. The molecule has 252 valence electrons. The van der Waals surface area contributed by atoms with E-state index < -0.39 is 60.2 Å². The molecule has 0 aromatic carbocycles. The van der Waals surface area contributed by atoms with Gasteiger partial charge in [-0.05, 0) is 38.2 Å². The van der Waals surface area contributed by atoms with E-state index in [0.717, 1.165) is 11.1 Å². The van der Waals surface area contributed by atoms with Crippen molar-refractivity contribution in [1.82, 2.24) is 0 Å². The van der Waals surface area contributed by atoms with E-state index in [1.54, 1.807) is 26.0 Å². The van der Waals surface area contributed by atoms with Crippen LogP contribution in [-0.2, 0) is 23.7 Å². The fourth-order valence-electron chi connectivity index (χ4n) is 6.54. The smallest absolute Gasteiger partial charge is 0.373 e. The molecule has 0 unspecified atom stereocenters. The number of aliphatic hydroxyl groups excluding tert-OH is 3. The molecule has 0 bridgehead atoms. The van der Waals surface area contributed by atoms with Crippen LogP contribution in [0.3, 0.4) is 0 Å². The van der Waals surface area contributed by atoms with Crippen LogP contribution in [0.25, 0.3) is 0 Å². The molecule has 9 heteroatoms. The Morgan fingerprint density at radius 1 is 1.05 bits per heavy atom. The zero-order chi connectivity index (χ0) is 33.5. The van der Waals surface area contributed by atoms with E-state index in [4.69, 9.17) is 18.9 Å². The number of aliphatic hydroxyl groups is 4. The van der Waals surface area contributed by atoms with Crippen molar-refractivity contribution in [3.8, 4) is 0 Å². The molecular formula is C35H58O9. The van der Waals surface area contributed by atoms with Crippen molar-refractivity contribution in [1.29, 1.82) is 0 Å². The highest BCUT2D eigenvalue weighted by molar-refractivity contribution is 5.87. The Bertz CT molecular complexity index is 1060. The molecule has 44 heavy (non-hydrogen) atoms. The first kappa shape index (κ1) is 38.2. The fraction of sp³-hybridized carbons (Fsp3) is 0.743. The molecule has 0 amide bonds. The van der Waals surface area contributed by atoms with Gasteiger partial charge in [-0.15, -0.1) is 0 Å². The molecule has 2 rings (SSSR count). The number of allylic oxidation sites excluding steroid dienone is 5. The average molecular weight is 623 g/mol. The van der Waals surface area contributed by atoms with Gasteiger partial charge in [0, 0.05) is 37.2 Å². The second kappa shape index (κ2) is 16.5. The van der Waals surface area contributed by atoms with Crippen molar-refractivity contribution in [2.75, 3.05) is 14.2 Å². The van der Waals surface area contributed by atoms with Crippen LogP contribution in [0.15, 0.2) is 47.3 Å². The topological polar surface area (TPSA) is 135 Å². The Labute approximate surface area is 264 Å². The zero-order valence-corrected chi connectivity index (χ0v) is 28.6. The minimum atomic E-state index is -1.80. The largest absolute Gasteiger partial charge is 0.490 e. The minimum absolute atomic E-state index is 0.00492. The molecule has 9 nitrogen and oxygen atoms in total. The number of hydrogen-bond donors (Lipinski definition) is 4. The molecule has 1 saturated heterocycles. The standard InChI is InChI=1S/C35H58O9/c1-19(2)32-24(7)27(36)18-35(40,44-32)26(9)31(38)25(8)33-28(41-10)14-12-13-20(3)15-22(5)30(37)23(6)16-21(4)17-29(42-11)34(39)43-33/h12-14,16-17,19,22-28,30-33,36-38,40H,15,18H2,1-11H3/b14-12+,20-13-,21-16+,29-17-/t22-,23+,24+,25-,26+,27+,28+,30-,31+,32+,33+,35+/m1/s1. The van der Waals surface area contributed by atoms with Crippen LogP contribution < -0.4 is 0 Å². The summed E-state index contributed by atoms with van der Waals surface area (Å²) < 4.78 is 23.4. The second-order valence-electron chi connectivity index (χ2n) is 13.6. The zero-order valence-electron chi connectivity index (χ0n) is 28.6. The summed E-state index contributed by atoms with van der Waals surface area (Å²) in [6.45, 7) is 17.0. The molecule has 0 spiro atoms. The summed E-state index contributed by atoms with van der Waals surface area (Å²) in [7, 11) is 2.87. The summed E-state index contributed by atoms with van der Waals surface area (Å²) in [6.07, 6.45) is 4.85. The van der Waals surface area contributed by atoms with E-state index in [2.05, 4.69) is 0 Å². The number of ether oxygens (including phenoxy) is 4. The van der Waals surface area contributed by atoms with Gasteiger partial charge in [-0.3, -0.25) is 0 Å². The summed E-state index contributed by atoms with van der Waals surface area (Å²) in [6, 6.07) is 0. The molecule has 0 aromatic heterocycles. The summed E-state index contributed by atoms with van der Waals surface area (Å²) in [5, 5.41) is 45.0. The summed E-state index contributed by atoms with van der Waals surface area (Å²) in [4.78, 5) is 13.5. The average Bonchev–Trinajstić information content (AvgIpc) is 2.96. The molecule has 1 fully saturated rings. The first-order valence-electron chi connectivity index (χ1n) is 15.9. The highest BCUT2D eigenvalue weighted by atomic mass is 16.6. The van der Waals surface area contributed by atoms with Gasteiger partial charge in [0.05, 0.1) is 31.5 Å². The first-order valence-corrected chi connectivity index (χ1v) is 15.9. The quantitative estimate of drug-likeness (QED) is 0.298. The van der Waals surface area contributed by atoms with Crippen LogP contribution in [-0.4, -0.2) is 83.0 Å². The normalized spacial score (nSPS) is 41.2. The van der Waals surface area contributed by atoms with Crippen LogP contribution in [0, 0.1) is 35.5 Å². The van der Waals surface area contributed by atoms with Crippen LogP contribution in [0.4, 0.5) is 0 Å². The molecule has 2 aliphatic heterocycles. The third-order valence-corrected chi connectivity index (χ3v) is 9.50. The highest BCUT2D eigenvalue weighted by Gasteiger charge is 2.51. The molecule has 2 aliphatic rings. The number of cyclic esters (lactones) is 1. The van der Waals surface area contributed by atoms with Crippen LogP contribution >= 0.6 is 0 Å². The Balaban J connectivity index is 2.52. The second-order valence-corrected chi connectivity index (χ2v) is 13.6. The van der Waals surface area contributed by atoms with Gasteiger partial charge in [0.2, 0.25) is 5.76 Å². The Hall–Kier alpha value is -2.01. The lowest BCUT2D eigenvalue weighted by Gasteiger charge is -2.49. The Morgan fingerprint density at radius 3 is 2.25 bits per heavy atom. The molecular weight excluding hydrogens is 564 g/mol. The van der Waals surface area contributed by atoms with Crippen LogP contribution in [0.2, 0.25) is 0 Å². The van der Waals surface area contributed by atoms with Gasteiger partial charge < -0.3 is 39.4 Å². The van der Waals surface area contributed by atoms with E-state index in [0.29, 0.717) is 6.42 Å². The Morgan fingerprint density at radius 2 is 1.68 bits per heavy atom. The van der Waals surface area contributed by atoms with Crippen molar-refractivity contribution < 1.29 is 44.2 Å². The molecule has 4 N–H and O–H groups in total. The predicted molar refractivity (Wildman–Crippen MR) is 170 cm³/mol. The number of carbonyl (C=O) groups is 1. The van der Waals surface area contributed by atoms with Gasteiger partial charge in [-0.1, -0.05) is 83.9 Å². The van der Waals surface area contributed by atoms with E-state index in [1.165, 1.54) is 14.2 Å². The molecule has 2 heterocycles. The maximum Gasteiger partial charge on any atom is 0.373 e. The lowest BCUT2D eigenvalue weighted by atomic mass is 9.76. The molecule has 0 radical (unpaired) electrons. The van der Waals surface area contributed by atoms with Gasteiger partial charge in [-0.25, -0.2) is 4.79 Å². The lowest BCUT2D eigenvalue weighted by Crippen LogP contribution is -2.59. The summed E-state index contributed by atoms with van der Waals surface area (Å²) in [5.74, 6) is -4.49. The van der Waals surface area contributed by atoms with Crippen molar-refractivity contribution in [2.24, 2.45) is 35.5 Å². The maximum absolute atomic E-state index is 13.5. The van der Waals surface area contributed by atoms with Crippen LogP contribution in [0.1, 0.15) is 75.2 Å². The van der Waals surface area contributed by atoms with Gasteiger partial charge >= 0.3 is 5.97 Å². The van der Waals surface area contributed by atoms with Crippen molar-refractivity contribution in [3.05, 3.63) is 47.3 Å². The SMILES string of the molecule is CO/C1=C\C(C)=C\[C@H](C)[C@H](O)[C@H](C)C/C(C)=C\C=C\[C@H](OC)[C@H]([C@H](C)[C@H](O)[C@H](C)[C@]2(O)C[C@H](O)[C@H](C)[C@H](C(C)C)O2)OC1=O.